The van der Waals surface area contributed by atoms with Gasteiger partial charge < -0.3 is 4.57 Å². The number of aromatic nitrogens is 2. The minimum Gasteiger partial charge on any atom is -0.329 e. The van der Waals surface area contributed by atoms with E-state index in [1.807, 2.05) is 35.0 Å². The number of carbonyl (C=O) groups is 1. The molecule has 2 rings (SSSR count). The van der Waals surface area contributed by atoms with Gasteiger partial charge in [-0.15, -0.1) is 0 Å². The van der Waals surface area contributed by atoms with Crippen molar-refractivity contribution in [3.63, 3.8) is 0 Å². The van der Waals surface area contributed by atoms with Crippen LogP contribution in [0.5, 0.6) is 0 Å². The first-order valence-corrected chi connectivity index (χ1v) is 5.88. The second-order valence-electron chi connectivity index (χ2n) is 3.83. The number of hydrogen-bond donors (Lipinski definition) is 0. The van der Waals surface area contributed by atoms with E-state index in [4.69, 9.17) is 11.6 Å². The molecular formula is C13H13ClN2O. The number of rotatable bonds is 5. The largest absolute Gasteiger partial charge is 0.329 e. The highest BCUT2D eigenvalue weighted by Crippen LogP contribution is 2.11. The van der Waals surface area contributed by atoms with Crippen LogP contribution in [-0.2, 0) is 13.0 Å². The molecule has 0 saturated carbocycles. The molecule has 0 aliphatic carbocycles. The third-order valence-corrected chi connectivity index (χ3v) is 2.88. The van der Waals surface area contributed by atoms with Crippen molar-refractivity contribution >= 4 is 17.9 Å². The molecule has 0 saturated heterocycles. The van der Waals surface area contributed by atoms with E-state index >= 15 is 0 Å². The molecule has 1 heterocycles. The zero-order valence-corrected chi connectivity index (χ0v) is 10.1. The molecular weight excluding hydrogens is 236 g/mol. The lowest BCUT2D eigenvalue weighted by molar-refractivity contribution is 0.111. The fourth-order valence-corrected chi connectivity index (χ4v) is 1.86. The molecule has 3 nitrogen and oxygen atoms in total. The summed E-state index contributed by atoms with van der Waals surface area (Å²) in [6.45, 7) is 0.802. The standard InChI is InChI=1S/C13H13ClN2O/c14-12-5-3-11(4-6-12)2-1-8-16-9-7-15-13(16)10-17/h3-7,9-10H,1-2,8H2. The fourth-order valence-electron chi connectivity index (χ4n) is 1.73. The number of carbonyl (C=O) groups excluding carboxylic acids is 1. The molecule has 0 radical (unpaired) electrons. The van der Waals surface area contributed by atoms with Crippen LogP contribution in [0.1, 0.15) is 22.6 Å². The Bertz CT molecular complexity index is 490. The summed E-state index contributed by atoms with van der Waals surface area (Å²) in [5.41, 5.74) is 1.25. The summed E-state index contributed by atoms with van der Waals surface area (Å²) in [4.78, 5) is 14.6. The van der Waals surface area contributed by atoms with Crippen LogP contribution in [0.4, 0.5) is 0 Å². The first-order chi connectivity index (χ1) is 8.29. The van der Waals surface area contributed by atoms with E-state index in [1.54, 1.807) is 6.20 Å². The fraction of sp³-hybridized carbons (Fsp3) is 0.231. The summed E-state index contributed by atoms with van der Waals surface area (Å²) >= 11 is 5.82. The normalized spacial score (nSPS) is 10.4. The van der Waals surface area contributed by atoms with Crippen LogP contribution < -0.4 is 0 Å². The summed E-state index contributed by atoms with van der Waals surface area (Å²) in [6, 6.07) is 7.84. The maximum atomic E-state index is 10.7. The lowest BCUT2D eigenvalue weighted by Gasteiger charge is -2.04. The lowest BCUT2D eigenvalue weighted by atomic mass is 10.1. The minimum absolute atomic E-state index is 0.487. The van der Waals surface area contributed by atoms with Gasteiger partial charge in [0.1, 0.15) is 0 Å². The van der Waals surface area contributed by atoms with Crippen LogP contribution in [0, 0.1) is 0 Å². The molecule has 1 aromatic heterocycles. The van der Waals surface area contributed by atoms with Crippen LogP contribution in [0.15, 0.2) is 36.7 Å². The molecule has 0 bridgehead atoms. The molecule has 88 valence electrons. The Morgan fingerprint density at radius 1 is 1.29 bits per heavy atom. The molecule has 0 aliphatic rings. The second kappa shape index (κ2) is 5.64. The molecule has 4 heteroatoms. The molecule has 0 fully saturated rings. The molecule has 0 aliphatic heterocycles. The van der Waals surface area contributed by atoms with Gasteiger partial charge >= 0.3 is 0 Å². The van der Waals surface area contributed by atoms with Crippen molar-refractivity contribution in [3.8, 4) is 0 Å². The molecule has 0 amide bonds. The van der Waals surface area contributed by atoms with E-state index in [-0.39, 0.29) is 0 Å². The van der Waals surface area contributed by atoms with Crippen LogP contribution in [0.3, 0.4) is 0 Å². The average Bonchev–Trinajstić information content (AvgIpc) is 2.79. The predicted molar refractivity (Wildman–Crippen MR) is 67.4 cm³/mol. The van der Waals surface area contributed by atoms with Gasteiger partial charge in [0, 0.05) is 24.0 Å². The van der Waals surface area contributed by atoms with Crippen molar-refractivity contribution in [2.75, 3.05) is 0 Å². The van der Waals surface area contributed by atoms with Crippen molar-refractivity contribution in [2.45, 2.75) is 19.4 Å². The topological polar surface area (TPSA) is 34.9 Å². The maximum absolute atomic E-state index is 10.7. The van der Waals surface area contributed by atoms with Gasteiger partial charge in [-0.3, -0.25) is 4.79 Å². The number of aryl methyl sites for hydroxylation is 2. The zero-order valence-electron chi connectivity index (χ0n) is 9.34. The van der Waals surface area contributed by atoms with E-state index in [9.17, 15) is 4.79 Å². The van der Waals surface area contributed by atoms with E-state index in [2.05, 4.69) is 4.98 Å². The Morgan fingerprint density at radius 2 is 2.06 bits per heavy atom. The Balaban J connectivity index is 1.87. The Hall–Kier alpha value is -1.61. The summed E-state index contributed by atoms with van der Waals surface area (Å²) in [5.74, 6) is 0.487. The molecule has 0 spiro atoms. The maximum Gasteiger partial charge on any atom is 0.185 e. The highest BCUT2D eigenvalue weighted by molar-refractivity contribution is 6.30. The van der Waals surface area contributed by atoms with Crippen molar-refractivity contribution in [2.24, 2.45) is 0 Å². The van der Waals surface area contributed by atoms with Gasteiger partial charge in [0.15, 0.2) is 12.1 Å². The summed E-state index contributed by atoms with van der Waals surface area (Å²) in [6.07, 6.45) is 6.19. The lowest BCUT2D eigenvalue weighted by Crippen LogP contribution is -2.03. The number of imidazole rings is 1. The van der Waals surface area contributed by atoms with E-state index in [1.165, 1.54) is 5.56 Å². The highest BCUT2D eigenvalue weighted by Gasteiger charge is 2.00. The number of halogens is 1. The molecule has 0 atom stereocenters. The van der Waals surface area contributed by atoms with Gasteiger partial charge in [-0.05, 0) is 30.5 Å². The van der Waals surface area contributed by atoms with Crippen LogP contribution in [0.25, 0.3) is 0 Å². The van der Waals surface area contributed by atoms with Crippen LogP contribution >= 0.6 is 11.6 Å². The van der Waals surface area contributed by atoms with Gasteiger partial charge in [0.2, 0.25) is 0 Å². The SMILES string of the molecule is O=Cc1nccn1CCCc1ccc(Cl)cc1. The molecule has 2 aromatic rings. The van der Waals surface area contributed by atoms with E-state index in [0.717, 1.165) is 30.7 Å². The third kappa shape index (κ3) is 3.17. The zero-order chi connectivity index (χ0) is 12.1. The number of benzene rings is 1. The summed E-state index contributed by atoms with van der Waals surface area (Å²) in [5, 5.41) is 0.756. The van der Waals surface area contributed by atoms with Crippen molar-refractivity contribution in [3.05, 3.63) is 53.1 Å². The summed E-state index contributed by atoms with van der Waals surface area (Å²) in [7, 11) is 0. The molecule has 0 N–H and O–H groups in total. The highest BCUT2D eigenvalue weighted by atomic mass is 35.5. The van der Waals surface area contributed by atoms with E-state index < -0.39 is 0 Å². The van der Waals surface area contributed by atoms with Gasteiger partial charge in [-0.1, -0.05) is 23.7 Å². The number of aldehydes is 1. The van der Waals surface area contributed by atoms with Gasteiger partial charge in [-0.25, -0.2) is 4.98 Å². The van der Waals surface area contributed by atoms with Crippen molar-refractivity contribution < 1.29 is 4.79 Å². The van der Waals surface area contributed by atoms with Gasteiger partial charge in [-0.2, -0.15) is 0 Å². The predicted octanol–water partition coefficient (Wildman–Crippen LogP) is 2.98. The Morgan fingerprint density at radius 3 is 2.76 bits per heavy atom. The molecule has 1 aromatic carbocycles. The van der Waals surface area contributed by atoms with Crippen LogP contribution in [0.2, 0.25) is 5.02 Å². The monoisotopic (exact) mass is 248 g/mol. The third-order valence-electron chi connectivity index (χ3n) is 2.63. The minimum atomic E-state index is 0.487. The first-order valence-electron chi connectivity index (χ1n) is 5.50. The Labute approximate surface area is 105 Å². The first kappa shape index (κ1) is 11.9. The number of hydrogen-bond acceptors (Lipinski definition) is 2. The van der Waals surface area contributed by atoms with Crippen LogP contribution in [-0.4, -0.2) is 15.8 Å². The Kier molecular flexibility index (Phi) is 3.94. The average molecular weight is 249 g/mol. The van der Waals surface area contributed by atoms with E-state index in [0.29, 0.717) is 5.82 Å². The van der Waals surface area contributed by atoms with Crippen molar-refractivity contribution in [1.82, 2.24) is 9.55 Å². The summed E-state index contributed by atoms with van der Waals surface area (Å²) < 4.78 is 1.86. The molecule has 17 heavy (non-hydrogen) atoms. The van der Waals surface area contributed by atoms with Gasteiger partial charge in [0.05, 0.1) is 0 Å². The van der Waals surface area contributed by atoms with Gasteiger partial charge in [0.25, 0.3) is 0 Å². The second-order valence-corrected chi connectivity index (χ2v) is 4.26. The number of nitrogens with zero attached hydrogens (tertiary/aromatic N) is 2. The quantitative estimate of drug-likeness (QED) is 0.763. The van der Waals surface area contributed by atoms with Crippen molar-refractivity contribution in [1.29, 1.82) is 0 Å². The molecule has 0 unspecified atom stereocenters. The smallest absolute Gasteiger partial charge is 0.185 e.